The number of nitrogens with one attached hydrogen (secondary N) is 2. The van der Waals surface area contributed by atoms with Crippen LogP contribution in [0.1, 0.15) is 57.3 Å². The van der Waals surface area contributed by atoms with E-state index in [1.807, 2.05) is 20.8 Å². The molecule has 2 atom stereocenters. The van der Waals surface area contributed by atoms with Gasteiger partial charge in [0.05, 0.1) is 10.5 Å². The van der Waals surface area contributed by atoms with Gasteiger partial charge in [0.2, 0.25) is 10.0 Å². The first-order chi connectivity index (χ1) is 10.7. The molecule has 1 rings (SSSR count). The summed E-state index contributed by atoms with van der Waals surface area (Å²) in [5.74, 6) is -1.16. The fraction of sp³-hybridized carbons (Fsp3) is 0.562. The molecule has 0 amide bonds. The van der Waals surface area contributed by atoms with Crippen LogP contribution in [-0.2, 0) is 10.0 Å². The van der Waals surface area contributed by atoms with E-state index in [4.69, 9.17) is 0 Å². The highest BCUT2D eigenvalue weighted by Gasteiger charge is 2.20. The number of carboxylic acids is 1. The molecule has 6 nitrogen and oxygen atoms in total. The molecule has 0 aliphatic carbocycles. The summed E-state index contributed by atoms with van der Waals surface area (Å²) >= 11 is 0. The highest BCUT2D eigenvalue weighted by Crippen LogP contribution is 2.22. The summed E-state index contributed by atoms with van der Waals surface area (Å²) in [5.41, 5.74) is 0.390. The van der Waals surface area contributed by atoms with Gasteiger partial charge in [0, 0.05) is 17.8 Å². The van der Waals surface area contributed by atoms with E-state index < -0.39 is 16.0 Å². The second-order valence-corrected chi connectivity index (χ2v) is 7.49. The maximum atomic E-state index is 12.3. The zero-order valence-electron chi connectivity index (χ0n) is 14.1. The maximum absolute atomic E-state index is 12.3. The van der Waals surface area contributed by atoms with Crippen molar-refractivity contribution in [2.24, 2.45) is 0 Å². The number of sulfonamides is 1. The van der Waals surface area contributed by atoms with Crippen molar-refractivity contribution in [2.45, 2.75) is 63.9 Å². The first-order valence-electron chi connectivity index (χ1n) is 7.87. The second kappa shape index (κ2) is 8.31. The Morgan fingerprint density at radius 3 is 2.39 bits per heavy atom. The number of carboxylic acid groups (broad SMARTS) is 1. The van der Waals surface area contributed by atoms with Crippen LogP contribution in [0.3, 0.4) is 0 Å². The van der Waals surface area contributed by atoms with Crippen LogP contribution in [0.5, 0.6) is 0 Å². The minimum absolute atomic E-state index is 0.0381. The van der Waals surface area contributed by atoms with E-state index in [9.17, 15) is 18.3 Å². The quantitative estimate of drug-likeness (QED) is 0.641. The molecule has 23 heavy (non-hydrogen) atoms. The van der Waals surface area contributed by atoms with E-state index in [0.717, 1.165) is 12.8 Å². The van der Waals surface area contributed by atoms with E-state index in [-0.39, 0.29) is 22.5 Å². The Kier molecular flexibility index (Phi) is 7.02. The van der Waals surface area contributed by atoms with Gasteiger partial charge in [0.25, 0.3) is 0 Å². The summed E-state index contributed by atoms with van der Waals surface area (Å²) in [6, 6.07) is 4.04. The third-order valence-electron chi connectivity index (χ3n) is 3.62. The fourth-order valence-corrected chi connectivity index (χ4v) is 3.53. The van der Waals surface area contributed by atoms with Gasteiger partial charge < -0.3 is 10.4 Å². The molecule has 7 heteroatoms. The van der Waals surface area contributed by atoms with Crippen molar-refractivity contribution in [3.05, 3.63) is 23.8 Å². The van der Waals surface area contributed by atoms with Gasteiger partial charge in [-0.05, 0) is 44.9 Å². The van der Waals surface area contributed by atoms with Crippen LogP contribution >= 0.6 is 0 Å². The summed E-state index contributed by atoms with van der Waals surface area (Å²) in [6.07, 6.45) is 2.52. The Labute approximate surface area is 138 Å². The van der Waals surface area contributed by atoms with Crippen LogP contribution < -0.4 is 10.0 Å². The average molecular weight is 342 g/mol. The summed E-state index contributed by atoms with van der Waals surface area (Å²) in [4.78, 5) is 11.4. The lowest BCUT2D eigenvalue weighted by molar-refractivity contribution is 0.0697. The van der Waals surface area contributed by atoms with Gasteiger partial charge >= 0.3 is 5.97 Å². The summed E-state index contributed by atoms with van der Waals surface area (Å²) in [7, 11) is -3.72. The molecule has 130 valence electrons. The van der Waals surface area contributed by atoms with E-state index in [1.54, 1.807) is 6.92 Å². The number of aromatic carboxylic acids is 1. The lowest BCUT2D eigenvalue weighted by Gasteiger charge is -2.18. The average Bonchev–Trinajstić information content (AvgIpc) is 2.46. The summed E-state index contributed by atoms with van der Waals surface area (Å²) in [6.45, 7) is 7.65. The third kappa shape index (κ3) is 5.51. The number of carbonyl (C=O) groups is 1. The van der Waals surface area contributed by atoms with Crippen LogP contribution in [0, 0.1) is 0 Å². The molecular formula is C16H26N2O4S. The number of rotatable bonds is 9. The zero-order valence-corrected chi connectivity index (χ0v) is 14.9. The van der Waals surface area contributed by atoms with Crippen molar-refractivity contribution in [3.8, 4) is 0 Å². The molecule has 0 aliphatic rings. The van der Waals surface area contributed by atoms with E-state index in [2.05, 4.69) is 10.0 Å². The molecule has 0 fully saturated rings. The molecule has 0 aliphatic heterocycles. The number of hydrogen-bond acceptors (Lipinski definition) is 4. The van der Waals surface area contributed by atoms with Gasteiger partial charge in [-0.1, -0.05) is 20.3 Å². The van der Waals surface area contributed by atoms with Crippen LogP contribution in [0.15, 0.2) is 23.1 Å². The largest absolute Gasteiger partial charge is 0.478 e. The van der Waals surface area contributed by atoms with Crippen molar-refractivity contribution in [1.82, 2.24) is 4.72 Å². The first-order valence-corrected chi connectivity index (χ1v) is 9.35. The minimum atomic E-state index is -3.72. The standard InChI is InChI=1S/C16H26N2O4S/c1-5-7-12(4)17-15-9-8-13(10-14(15)16(19)20)23(21,22)18-11(3)6-2/h8-12,17-18H,5-7H2,1-4H3,(H,19,20). The van der Waals surface area contributed by atoms with Crippen LogP contribution in [0.4, 0.5) is 5.69 Å². The topological polar surface area (TPSA) is 95.5 Å². The maximum Gasteiger partial charge on any atom is 0.337 e. The Morgan fingerprint density at radius 2 is 1.87 bits per heavy atom. The fourth-order valence-electron chi connectivity index (χ4n) is 2.18. The molecule has 0 heterocycles. The molecular weight excluding hydrogens is 316 g/mol. The van der Waals surface area contributed by atoms with Gasteiger partial charge in [-0.3, -0.25) is 0 Å². The molecule has 0 radical (unpaired) electrons. The van der Waals surface area contributed by atoms with Crippen molar-refractivity contribution in [1.29, 1.82) is 0 Å². The molecule has 0 saturated carbocycles. The van der Waals surface area contributed by atoms with Crippen LogP contribution in [0.25, 0.3) is 0 Å². The Bertz CT molecular complexity index is 643. The van der Waals surface area contributed by atoms with Crippen molar-refractivity contribution >= 4 is 21.7 Å². The number of anilines is 1. The highest BCUT2D eigenvalue weighted by atomic mass is 32.2. The summed E-state index contributed by atoms with van der Waals surface area (Å²) < 4.78 is 27.1. The van der Waals surface area contributed by atoms with E-state index in [1.165, 1.54) is 18.2 Å². The molecule has 0 aromatic heterocycles. The zero-order chi connectivity index (χ0) is 17.6. The molecule has 0 spiro atoms. The van der Waals surface area contributed by atoms with Gasteiger partial charge in [-0.2, -0.15) is 0 Å². The van der Waals surface area contributed by atoms with E-state index >= 15 is 0 Å². The summed E-state index contributed by atoms with van der Waals surface area (Å²) in [5, 5.41) is 12.5. The van der Waals surface area contributed by atoms with Crippen LogP contribution in [0.2, 0.25) is 0 Å². The Balaban J connectivity index is 3.15. The predicted molar refractivity (Wildman–Crippen MR) is 91.5 cm³/mol. The van der Waals surface area contributed by atoms with Crippen molar-refractivity contribution in [3.63, 3.8) is 0 Å². The van der Waals surface area contributed by atoms with Gasteiger partial charge in [0.1, 0.15) is 0 Å². The van der Waals surface area contributed by atoms with E-state index in [0.29, 0.717) is 12.1 Å². The Hall–Kier alpha value is -1.60. The molecule has 2 unspecified atom stereocenters. The number of benzene rings is 1. The third-order valence-corrected chi connectivity index (χ3v) is 5.21. The SMILES string of the molecule is CCCC(C)Nc1ccc(S(=O)(=O)NC(C)CC)cc1C(=O)O. The van der Waals surface area contributed by atoms with Crippen LogP contribution in [-0.4, -0.2) is 31.6 Å². The van der Waals surface area contributed by atoms with Crippen molar-refractivity contribution < 1.29 is 18.3 Å². The Morgan fingerprint density at radius 1 is 1.22 bits per heavy atom. The van der Waals surface area contributed by atoms with Gasteiger partial charge in [0.15, 0.2) is 0 Å². The molecule has 1 aromatic carbocycles. The first kappa shape index (κ1) is 19.4. The molecule has 1 aromatic rings. The smallest absolute Gasteiger partial charge is 0.337 e. The molecule has 3 N–H and O–H groups in total. The predicted octanol–water partition coefficient (Wildman–Crippen LogP) is 3.06. The molecule has 0 saturated heterocycles. The lowest BCUT2D eigenvalue weighted by Crippen LogP contribution is -2.32. The van der Waals surface area contributed by atoms with Gasteiger partial charge in [-0.25, -0.2) is 17.9 Å². The van der Waals surface area contributed by atoms with Gasteiger partial charge in [-0.15, -0.1) is 0 Å². The highest BCUT2D eigenvalue weighted by molar-refractivity contribution is 7.89. The second-order valence-electron chi connectivity index (χ2n) is 5.78. The van der Waals surface area contributed by atoms with Crippen molar-refractivity contribution in [2.75, 3.05) is 5.32 Å². The molecule has 0 bridgehead atoms. The normalized spacial score (nSPS) is 14.3. The lowest BCUT2D eigenvalue weighted by atomic mass is 10.1. The number of hydrogen-bond donors (Lipinski definition) is 3. The monoisotopic (exact) mass is 342 g/mol. The minimum Gasteiger partial charge on any atom is -0.478 e.